The molecule has 0 amide bonds. The van der Waals surface area contributed by atoms with Gasteiger partial charge in [0, 0.05) is 22.3 Å². The van der Waals surface area contributed by atoms with Crippen LogP contribution in [-0.2, 0) is 24.3 Å². The maximum absolute atomic E-state index is 13.7. The van der Waals surface area contributed by atoms with Crippen LogP contribution in [0, 0.1) is 11.6 Å². The lowest BCUT2D eigenvalue weighted by molar-refractivity contribution is 0.484. The minimum Gasteiger partial charge on any atom is -0.431 e. The second kappa shape index (κ2) is 14.4. The molecule has 0 N–H and O–H groups in total. The molecule has 10 nitrogen and oxygen atoms in total. The molecule has 0 unspecified atom stereocenters. The fraction of sp³-hybridized carbons (Fsp3) is 0.105. The molecular weight excluding hydrogens is 707 g/mol. The van der Waals surface area contributed by atoms with Crippen molar-refractivity contribution in [1.29, 1.82) is 0 Å². The van der Waals surface area contributed by atoms with Gasteiger partial charge >= 0.3 is 0 Å². The van der Waals surface area contributed by atoms with E-state index in [1.54, 1.807) is 24.3 Å². The Morgan fingerprint density at radius 1 is 0.596 bits per heavy atom. The summed E-state index contributed by atoms with van der Waals surface area (Å²) >= 11 is 2.62. The van der Waals surface area contributed by atoms with Gasteiger partial charge in [0.2, 0.25) is 23.6 Å². The first-order chi connectivity index (χ1) is 25.4. The van der Waals surface area contributed by atoms with Gasteiger partial charge in [-0.15, -0.1) is 33.6 Å². The molecule has 0 aliphatic carbocycles. The number of halogens is 2. The van der Waals surface area contributed by atoms with Gasteiger partial charge < -0.3 is 17.7 Å². The average molecular weight is 733 g/mol. The van der Waals surface area contributed by atoms with Gasteiger partial charge in [0.15, 0.2) is 11.2 Å². The van der Waals surface area contributed by atoms with Crippen LogP contribution in [0.25, 0.3) is 56.2 Å². The second-order valence-electron chi connectivity index (χ2n) is 11.5. The minimum atomic E-state index is -0.387. The molecular formula is C38H26F2N6O4S2. The van der Waals surface area contributed by atoms with Gasteiger partial charge in [-0.3, -0.25) is 0 Å². The number of thioether (sulfide) groups is 2. The van der Waals surface area contributed by atoms with E-state index in [2.05, 4.69) is 39.6 Å². The molecule has 0 saturated heterocycles. The lowest BCUT2D eigenvalue weighted by Gasteiger charge is -2.08. The summed E-state index contributed by atoms with van der Waals surface area (Å²) in [5.74, 6) is 0.993. The van der Waals surface area contributed by atoms with Gasteiger partial charge in [0.1, 0.15) is 22.7 Å². The summed E-state index contributed by atoms with van der Waals surface area (Å²) in [5.41, 5.74) is 7.19. The summed E-state index contributed by atoms with van der Waals surface area (Å²) in [5, 5.41) is 17.2. The van der Waals surface area contributed by atoms with E-state index in [-0.39, 0.29) is 23.4 Å². The van der Waals surface area contributed by atoms with Crippen LogP contribution in [0.2, 0.25) is 0 Å². The predicted molar refractivity (Wildman–Crippen MR) is 193 cm³/mol. The standard InChI is InChI=1S/C38H26F2N6O4S2/c1-3-7-21-13-28(34-29(14-21)41-38(50-34)52-20-32-44-46-36(48-32)24-10-6-12-27(40)17-24)25-15-22(8-4-2)33-30(18-25)42-37(49-33)51-19-31-43-45-35(47-31)23-9-5-11-26(39)16-23/h3-6,9-18H,1-2,7-8,19-20H2. The maximum Gasteiger partial charge on any atom is 0.257 e. The Bertz CT molecular complexity index is 2590. The predicted octanol–water partition coefficient (Wildman–Crippen LogP) is 10.1. The Kier molecular flexibility index (Phi) is 9.22. The third-order valence-corrected chi connectivity index (χ3v) is 9.47. The van der Waals surface area contributed by atoms with E-state index >= 15 is 0 Å². The maximum atomic E-state index is 13.7. The Morgan fingerprint density at radius 3 is 1.75 bits per heavy atom. The molecule has 14 heteroatoms. The molecule has 0 aliphatic heterocycles. The van der Waals surface area contributed by atoms with Crippen molar-refractivity contribution in [3.63, 3.8) is 0 Å². The molecule has 8 rings (SSSR count). The zero-order valence-corrected chi connectivity index (χ0v) is 28.8. The van der Waals surface area contributed by atoms with Gasteiger partial charge in [-0.05, 0) is 84.6 Å². The van der Waals surface area contributed by atoms with E-state index < -0.39 is 0 Å². The summed E-state index contributed by atoms with van der Waals surface area (Å²) in [7, 11) is 0. The number of hydrogen-bond acceptors (Lipinski definition) is 12. The normalized spacial score (nSPS) is 11.5. The van der Waals surface area contributed by atoms with Crippen molar-refractivity contribution in [2.75, 3.05) is 0 Å². The molecule has 4 heterocycles. The molecule has 4 aromatic carbocycles. The first-order valence-corrected chi connectivity index (χ1v) is 17.9. The summed E-state index contributed by atoms with van der Waals surface area (Å²) in [4.78, 5) is 9.55. The highest BCUT2D eigenvalue weighted by Crippen LogP contribution is 2.38. The molecule has 4 aromatic heterocycles. The number of aromatic nitrogens is 6. The molecule has 0 atom stereocenters. The first-order valence-electron chi connectivity index (χ1n) is 15.9. The van der Waals surface area contributed by atoms with Crippen molar-refractivity contribution in [2.45, 2.75) is 34.8 Å². The molecule has 0 spiro atoms. The molecule has 8 aromatic rings. The summed E-state index contributed by atoms with van der Waals surface area (Å²) in [6.07, 6.45) is 4.82. The SMILES string of the molecule is C=CCc1cc(-c2cc(CC=C)c3oc(SCc4nnc(-c5cccc(F)c5)o4)nc3c2)c2oc(SCc3nnc(-c4cccc(F)c4)o3)nc2c1. The number of benzene rings is 4. The van der Waals surface area contributed by atoms with E-state index in [9.17, 15) is 8.78 Å². The van der Waals surface area contributed by atoms with Gasteiger partial charge in [-0.25, -0.2) is 18.7 Å². The Labute approximate surface area is 303 Å². The summed E-state index contributed by atoms with van der Waals surface area (Å²) < 4.78 is 51.5. The second-order valence-corrected chi connectivity index (χ2v) is 13.4. The van der Waals surface area contributed by atoms with Gasteiger partial charge in [0.05, 0.1) is 11.5 Å². The van der Waals surface area contributed by atoms with Crippen LogP contribution in [0.1, 0.15) is 22.9 Å². The smallest absolute Gasteiger partial charge is 0.257 e. The van der Waals surface area contributed by atoms with Crippen molar-refractivity contribution in [2.24, 2.45) is 0 Å². The first kappa shape index (κ1) is 33.3. The van der Waals surface area contributed by atoms with E-state index in [4.69, 9.17) is 27.6 Å². The largest absolute Gasteiger partial charge is 0.431 e. The lowest BCUT2D eigenvalue weighted by Crippen LogP contribution is -1.89. The Hall–Kier alpha value is -5.86. The van der Waals surface area contributed by atoms with Crippen molar-refractivity contribution >= 4 is 45.7 Å². The van der Waals surface area contributed by atoms with E-state index in [1.807, 2.05) is 30.4 Å². The number of hydrogen-bond donors (Lipinski definition) is 0. The number of rotatable bonds is 13. The van der Waals surface area contributed by atoms with E-state index in [0.717, 1.165) is 22.3 Å². The van der Waals surface area contributed by atoms with Crippen molar-refractivity contribution in [3.8, 4) is 34.0 Å². The fourth-order valence-corrected chi connectivity index (χ4v) is 6.92. The van der Waals surface area contributed by atoms with Crippen LogP contribution in [0.4, 0.5) is 8.78 Å². The Morgan fingerprint density at radius 2 is 1.17 bits per heavy atom. The number of oxazole rings is 2. The fourth-order valence-electron chi connectivity index (χ4n) is 5.58. The molecule has 0 aliphatic rings. The van der Waals surface area contributed by atoms with Gasteiger partial charge in [-0.1, -0.05) is 47.8 Å². The van der Waals surface area contributed by atoms with Crippen molar-refractivity contribution < 1.29 is 26.4 Å². The summed E-state index contributed by atoms with van der Waals surface area (Å²) in [6.45, 7) is 7.86. The molecule has 0 saturated carbocycles. The van der Waals surface area contributed by atoms with Crippen molar-refractivity contribution in [1.82, 2.24) is 30.4 Å². The minimum absolute atomic E-state index is 0.230. The Balaban J connectivity index is 1.07. The molecule has 0 fully saturated rings. The van der Waals surface area contributed by atoms with Crippen LogP contribution >= 0.6 is 23.5 Å². The van der Waals surface area contributed by atoms with Crippen LogP contribution in [0.15, 0.2) is 126 Å². The average Bonchev–Trinajstić information content (AvgIpc) is 3.96. The number of fused-ring (bicyclic) bond motifs is 2. The van der Waals surface area contributed by atoms with Crippen LogP contribution < -0.4 is 0 Å². The number of allylic oxidation sites excluding steroid dienone is 2. The van der Waals surface area contributed by atoms with Crippen LogP contribution in [0.3, 0.4) is 0 Å². The molecule has 258 valence electrons. The molecule has 52 heavy (non-hydrogen) atoms. The van der Waals surface area contributed by atoms with E-state index in [1.165, 1.54) is 47.8 Å². The van der Waals surface area contributed by atoms with Crippen molar-refractivity contribution in [3.05, 3.63) is 133 Å². The lowest BCUT2D eigenvalue weighted by atomic mass is 9.97. The van der Waals surface area contributed by atoms with E-state index in [0.29, 0.717) is 79.9 Å². The van der Waals surface area contributed by atoms with Crippen LogP contribution in [-0.4, -0.2) is 30.4 Å². The zero-order valence-electron chi connectivity index (χ0n) is 27.2. The highest BCUT2D eigenvalue weighted by atomic mass is 32.2. The molecule has 0 radical (unpaired) electrons. The highest BCUT2D eigenvalue weighted by Gasteiger charge is 2.20. The van der Waals surface area contributed by atoms with Crippen LogP contribution in [0.5, 0.6) is 0 Å². The number of nitrogens with zero attached hydrogens (tertiary/aromatic N) is 6. The quantitative estimate of drug-likeness (QED) is 0.0826. The van der Waals surface area contributed by atoms with Gasteiger partial charge in [-0.2, -0.15) is 0 Å². The van der Waals surface area contributed by atoms with Gasteiger partial charge in [0.25, 0.3) is 10.4 Å². The third kappa shape index (κ3) is 7.02. The summed E-state index contributed by atoms with van der Waals surface area (Å²) in [6, 6.07) is 20.0. The topological polar surface area (TPSA) is 130 Å². The third-order valence-electron chi connectivity index (χ3n) is 7.85. The zero-order chi connectivity index (χ0) is 35.6. The molecule has 0 bridgehead atoms. The monoisotopic (exact) mass is 732 g/mol. The highest BCUT2D eigenvalue weighted by molar-refractivity contribution is 7.98.